The number of aromatic nitrogens is 2. The topological polar surface area (TPSA) is 64.3 Å². The number of ether oxygens (including phenoxy) is 1. The molecular weight excluding hydrogens is 288 g/mol. The molecule has 0 unspecified atom stereocenters. The maximum absolute atomic E-state index is 6.14. The number of halogens is 1. The number of benzene rings is 1. The van der Waals surface area contributed by atoms with Crippen LogP contribution < -0.4 is 15.4 Å². The van der Waals surface area contributed by atoms with Gasteiger partial charge in [-0.1, -0.05) is 11.6 Å². The van der Waals surface area contributed by atoms with Crippen LogP contribution >= 0.6 is 11.6 Å². The van der Waals surface area contributed by atoms with E-state index in [9.17, 15) is 0 Å². The SMILES string of the molecule is Nc1ccc(OC2CCN(c3ncccn3)CC2)c(Cl)c1. The van der Waals surface area contributed by atoms with Crippen LogP contribution in [0.15, 0.2) is 36.7 Å². The van der Waals surface area contributed by atoms with Crippen molar-refractivity contribution >= 4 is 23.2 Å². The Morgan fingerprint density at radius 2 is 1.90 bits per heavy atom. The minimum absolute atomic E-state index is 0.158. The lowest BCUT2D eigenvalue weighted by molar-refractivity contribution is 0.170. The predicted octanol–water partition coefficient (Wildman–Crippen LogP) is 2.76. The summed E-state index contributed by atoms with van der Waals surface area (Å²) in [5.74, 6) is 1.47. The molecule has 0 bridgehead atoms. The van der Waals surface area contributed by atoms with Crippen molar-refractivity contribution in [2.45, 2.75) is 18.9 Å². The second kappa shape index (κ2) is 6.18. The van der Waals surface area contributed by atoms with Crippen molar-refractivity contribution < 1.29 is 4.74 Å². The third-order valence-electron chi connectivity index (χ3n) is 3.53. The molecule has 2 aromatic rings. The normalized spacial score (nSPS) is 16.0. The van der Waals surface area contributed by atoms with Crippen LogP contribution in [0.2, 0.25) is 5.02 Å². The van der Waals surface area contributed by atoms with E-state index in [1.165, 1.54) is 0 Å². The van der Waals surface area contributed by atoms with Crippen LogP contribution in [0, 0.1) is 0 Å². The van der Waals surface area contributed by atoms with Crippen LogP contribution in [0.3, 0.4) is 0 Å². The zero-order valence-corrected chi connectivity index (χ0v) is 12.3. The van der Waals surface area contributed by atoms with Gasteiger partial charge in [0, 0.05) is 44.0 Å². The molecule has 0 radical (unpaired) electrons. The van der Waals surface area contributed by atoms with Gasteiger partial charge in [0.05, 0.1) is 5.02 Å². The first-order valence-electron chi connectivity index (χ1n) is 6.96. The summed E-state index contributed by atoms with van der Waals surface area (Å²) in [6, 6.07) is 7.16. The number of nitrogens with zero attached hydrogens (tertiary/aromatic N) is 3. The van der Waals surface area contributed by atoms with Crippen molar-refractivity contribution in [2.75, 3.05) is 23.7 Å². The van der Waals surface area contributed by atoms with Gasteiger partial charge < -0.3 is 15.4 Å². The van der Waals surface area contributed by atoms with Crippen molar-refractivity contribution in [2.24, 2.45) is 0 Å². The summed E-state index contributed by atoms with van der Waals surface area (Å²) in [6.45, 7) is 1.75. The number of rotatable bonds is 3. The smallest absolute Gasteiger partial charge is 0.225 e. The molecule has 1 aromatic heterocycles. The predicted molar refractivity (Wildman–Crippen MR) is 83.8 cm³/mol. The molecule has 2 N–H and O–H groups in total. The maximum Gasteiger partial charge on any atom is 0.225 e. The quantitative estimate of drug-likeness (QED) is 0.883. The van der Waals surface area contributed by atoms with Gasteiger partial charge in [-0.2, -0.15) is 0 Å². The van der Waals surface area contributed by atoms with Gasteiger partial charge in [-0.25, -0.2) is 9.97 Å². The Hall–Kier alpha value is -2.01. The summed E-state index contributed by atoms with van der Waals surface area (Å²) in [5, 5.41) is 0.559. The van der Waals surface area contributed by atoms with Crippen LogP contribution in [0.25, 0.3) is 0 Å². The van der Waals surface area contributed by atoms with E-state index in [-0.39, 0.29) is 6.10 Å². The van der Waals surface area contributed by atoms with E-state index in [4.69, 9.17) is 22.1 Å². The lowest BCUT2D eigenvalue weighted by atomic mass is 10.1. The van der Waals surface area contributed by atoms with Crippen LogP contribution in [0.1, 0.15) is 12.8 Å². The van der Waals surface area contributed by atoms with E-state index in [0.717, 1.165) is 31.9 Å². The number of anilines is 2. The molecule has 2 heterocycles. The van der Waals surface area contributed by atoms with E-state index >= 15 is 0 Å². The van der Waals surface area contributed by atoms with Gasteiger partial charge in [0.1, 0.15) is 11.9 Å². The van der Waals surface area contributed by atoms with E-state index in [1.54, 1.807) is 24.5 Å². The minimum Gasteiger partial charge on any atom is -0.489 e. The van der Waals surface area contributed by atoms with E-state index in [2.05, 4.69) is 14.9 Å². The first-order valence-corrected chi connectivity index (χ1v) is 7.34. The van der Waals surface area contributed by atoms with Gasteiger partial charge in [-0.05, 0) is 24.3 Å². The highest BCUT2D eigenvalue weighted by Gasteiger charge is 2.22. The summed E-state index contributed by atoms with van der Waals surface area (Å²) in [4.78, 5) is 10.7. The van der Waals surface area contributed by atoms with Crippen LogP contribution in [-0.2, 0) is 0 Å². The average molecular weight is 305 g/mol. The highest BCUT2D eigenvalue weighted by molar-refractivity contribution is 6.32. The fourth-order valence-corrected chi connectivity index (χ4v) is 2.65. The van der Waals surface area contributed by atoms with Gasteiger partial charge in [-0.15, -0.1) is 0 Å². The van der Waals surface area contributed by atoms with E-state index in [0.29, 0.717) is 16.5 Å². The fourth-order valence-electron chi connectivity index (χ4n) is 2.42. The Labute approximate surface area is 128 Å². The van der Waals surface area contributed by atoms with E-state index < -0.39 is 0 Å². The number of nitrogen functional groups attached to an aromatic ring is 1. The third kappa shape index (κ3) is 3.36. The molecule has 0 aliphatic carbocycles. The number of nitrogens with two attached hydrogens (primary N) is 1. The van der Waals surface area contributed by atoms with Gasteiger partial charge >= 0.3 is 0 Å². The molecule has 6 heteroatoms. The Bertz CT molecular complexity index is 600. The lowest BCUT2D eigenvalue weighted by Crippen LogP contribution is -2.39. The Morgan fingerprint density at radius 1 is 1.19 bits per heavy atom. The van der Waals surface area contributed by atoms with Crippen molar-refractivity contribution in [3.05, 3.63) is 41.7 Å². The van der Waals surface area contributed by atoms with Crippen LogP contribution in [-0.4, -0.2) is 29.2 Å². The summed E-state index contributed by atoms with van der Waals surface area (Å²) < 4.78 is 5.97. The molecule has 21 heavy (non-hydrogen) atoms. The first-order chi connectivity index (χ1) is 10.2. The van der Waals surface area contributed by atoms with E-state index in [1.807, 2.05) is 12.1 Å². The molecule has 0 atom stereocenters. The van der Waals surface area contributed by atoms with Crippen molar-refractivity contribution in [3.8, 4) is 5.75 Å². The monoisotopic (exact) mass is 304 g/mol. The zero-order valence-electron chi connectivity index (χ0n) is 11.6. The average Bonchev–Trinajstić information content (AvgIpc) is 2.52. The molecule has 5 nitrogen and oxygen atoms in total. The Kier molecular flexibility index (Phi) is 4.10. The maximum atomic E-state index is 6.14. The lowest BCUT2D eigenvalue weighted by Gasteiger charge is -2.32. The van der Waals surface area contributed by atoms with Crippen molar-refractivity contribution in [3.63, 3.8) is 0 Å². The molecule has 0 amide bonds. The Balaban J connectivity index is 1.59. The van der Waals surface area contributed by atoms with Gasteiger partial charge in [-0.3, -0.25) is 0 Å². The highest BCUT2D eigenvalue weighted by atomic mass is 35.5. The summed E-state index contributed by atoms with van der Waals surface area (Å²) >= 11 is 6.14. The molecular formula is C15H17ClN4O. The molecule has 3 rings (SSSR count). The van der Waals surface area contributed by atoms with Gasteiger partial charge in [0.15, 0.2) is 0 Å². The molecule has 1 fully saturated rings. The van der Waals surface area contributed by atoms with Crippen molar-refractivity contribution in [1.82, 2.24) is 9.97 Å². The Morgan fingerprint density at radius 3 is 2.57 bits per heavy atom. The fraction of sp³-hybridized carbons (Fsp3) is 0.333. The molecule has 1 aliphatic heterocycles. The second-order valence-electron chi connectivity index (χ2n) is 5.04. The standard InChI is InChI=1S/C15H17ClN4O/c16-13-10-11(17)2-3-14(13)21-12-4-8-20(9-5-12)15-18-6-1-7-19-15/h1-3,6-7,10,12H,4-5,8-9,17H2. The molecule has 1 saturated heterocycles. The van der Waals surface area contributed by atoms with Crippen LogP contribution in [0.5, 0.6) is 5.75 Å². The minimum atomic E-state index is 0.158. The molecule has 0 saturated carbocycles. The first kappa shape index (κ1) is 13.9. The largest absolute Gasteiger partial charge is 0.489 e. The zero-order chi connectivity index (χ0) is 14.7. The molecule has 1 aromatic carbocycles. The summed E-state index contributed by atoms with van der Waals surface area (Å²) in [7, 11) is 0. The third-order valence-corrected chi connectivity index (χ3v) is 3.82. The highest BCUT2D eigenvalue weighted by Crippen LogP contribution is 2.29. The summed E-state index contributed by atoms with van der Waals surface area (Å²) in [6.07, 6.45) is 5.52. The number of hydrogen-bond acceptors (Lipinski definition) is 5. The molecule has 0 spiro atoms. The number of piperidine rings is 1. The van der Waals surface area contributed by atoms with Crippen LogP contribution in [0.4, 0.5) is 11.6 Å². The molecule has 1 aliphatic rings. The molecule has 110 valence electrons. The van der Waals surface area contributed by atoms with Gasteiger partial charge in [0.25, 0.3) is 0 Å². The second-order valence-corrected chi connectivity index (χ2v) is 5.45. The van der Waals surface area contributed by atoms with Gasteiger partial charge in [0.2, 0.25) is 5.95 Å². The van der Waals surface area contributed by atoms with Crippen molar-refractivity contribution in [1.29, 1.82) is 0 Å². The summed E-state index contributed by atoms with van der Waals surface area (Å²) in [5.41, 5.74) is 6.32. The number of hydrogen-bond donors (Lipinski definition) is 1.